The maximum atomic E-state index is 12.4. The van der Waals surface area contributed by atoms with Crippen LogP contribution in [-0.4, -0.2) is 54.0 Å². The van der Waals surface area contributed by atoms with Crippen molar-refractivity contribution in [2.75, 3.05) is 26.2 Å². The first-order valence-electron chi connectivity index (χ1n) is 8.72. The molecule has 5 atom stereocenters. The van der Waals surface area contributed by atoms with Crippen LogP contribution in [0.15, 0.2) is 24.5 Å². The van der Waals surface area contributed by atoms with Crippen LogP contribution in [0.3, 0.4) is 0 Å². The number of ether oxygens (including phenoxy) is 1. The first-order chi connectivity index (χ1) is 11.6. The molecule has 0 aromatic carbocycles. The summed E-state index contributed by atoms with van der Waals surface area (Å²) >= 11 is 0. The van der Waals surface area contributed by atoms with E-state index in [1.165, 1.54) is 0 Å². The van der Waals surface area contributed by atoms with Gasteiger partial charge in [-0.1, -0.05) is 6.92 Å². The maximum absolute atomic E-state index is 12.4. The van der Waals surface area contributed by atoms with Gasteiger partial charge < -0.3 is 15.0 Å². The minimum atomic E-state index is -0.107. The molecule has 2 amide bonds. The Balaban J connectivity index is 1.31. The fourth-order valence-electron chi connectivity index (χ4n) is 3.91. The topological polar surface area (TPSA) is 71.5 Å². The summed E-state index contributed by atoms with van der Waals surface area (Å²) in [6.45, 7) is 4.84. The molecular weight excluding hydrogens is 306 g/mol. The van der Waals surface area contributed by atoms with Crippen molar-refractivity contribution >= 4 is 11.8 Å². The number of likely N-dealkylation sites (tertiary alicyclic amines) is 1. The van der Waals surface area contributed by atoms with E-state index in [1.807, 2.05) is 4.90 Å². The van der Waals surface area contributed by atoms with Gasteiger partial charge in [0.1, 0.15) is 0 Å². The number of nitrogens with zero attached hydrogens (tertiary/aromatic N) is 2. The average Bonchev–Trinajstić information content (AvgIpc) is 3.02. The molecule has 3 fully saturated rings. The number of hydrogen-bond acceptors (Lipinski definition) is 4. The Labute approximate surface area is 141 Å². The van der Waals surface area contributed by atoms with Gasteiger partial charge in [-0.25, -0.2) is 0 Å². The summed E-state index contributed by atoms with van der Waals surface area (Å²) in [4.78, 5) is 30.5. The highest BCUT2D eigenvalue weighted by atomic mass is 16.5. The van der Waals surface area contributed by atoms with Crippen molar-refractivity contribution in [2.24, 2.45) is 23.7 Å². The smallest absolute Gasteiger partial charge is 0.252 e. The SMILES string of the molecule is C[C@H]1C[C@@H]1C(=O)N1C[C@@H]2[C@H](CNC(=O)c3cccnc3)CO[C@@H]2C1. The van der Waals surface area contributed by atoms with Gasteiger partial charge in [0.05, 0.1) is 18.3 Å². The maximum Gasteiger partial charge on any atom is 0.252 e. The van der Waals surface area contributed by atoms with E-state index < -0.39 is 0 Å². The molecule has 0 unspecified atom stereocenters. The van der Waals surface area contributed by atoms with Gasteiger partial charge in [0.25, 0.3) is 5.91 Å². The first kappa shape index (κ1) is 15.6. The van der Waals surface area contributed by atoms with Crippen LogP contribution in [0.4, 0.5) is 0 Å². The summed E-state index contributed by atoms with van der Waals surface area (Å²) in [6.07, 6.45) is 4.37. The van der Waals surface area contributed by atoms with Crippen molar-refractivity contribution in [3.8, 4) is 0 Å². The Kier molecular flexibility index (Phi) is 4.00. The van der Waals surface area contributed by atoms with Crippen molar-refractivity contribution in [3.63, 3.8) is 0 Å². The van der Waals surface area contributed by atoms with Crippen molar-refractivity contribution in [3.05, 3.63) is 30.1 Å². The zero-order valence-electron chi connectivity index (χ0n) is 13.9. The van der Waals surface area contributed by atoms with Gasteiger partial charge in [0, 0.05) is 49.8 Å². The van der Waals surface area contributed by atoms with Gasteiger partial charge in [-0.15, -0.1) is 0 Å². The molecule has 0 radical (unpaired) electrons. The van der Waals surface area contributed by atoms with E-state index in [1.54, 1.807) is 24.5 Å². The lowest BCUT2D eigenvalue weighted by Gasteiger charge is -2.20. The highest BCUT2D eigenvalue weighted by Crippen LogP contribution is 2.41. The monoisotopic (exact) mass is 329 g/mol. The fraction of sp³-hybridized carbons (Fsp3) is 0.611. The number of fused-ring (bicyclic) bond motifs is 1. The van der Waals surface area contributed by atoms with Crippen molar-refractivity contribution < 1.29 is 14.3 Å². The molecule has 6 heteroatoms. The molecule has 4 rings (SSSR count). The predicted octanol–water partition coefficient (Wildman–Crippen LogP) is 0.941. The zero-order valence-corrected chi connectivity index (χ0v) is 13.9. The molecule has 1 aromatic heterocycles. The Bertz CT molecular complexity index is 636. The Morgan fingerprint density at radius 1 is 1.42 bits per heavy atom. The summed E-state index contributed by atoms with van der Waals surface area (Å²) in [7, 11) is 0. The van der Waals surface area contributed by atoms with Crippen LogP contribution in [-0.2, 0) is 9.53 Å². The molecule has 3 aliphatic rings. The summed E-state index contributed by atoms with van der Waals surface area (Å²) in [5, 5.41) is 2.98. The highest BCUT2D eigenvalue weighted by Gasteiger charge is 2.49. The largest absolute Gasteiger partial charge is 0.376 e. The second-order valence-electron chi connectivity index (χ2n) is 7.31. The molecular formula is C18H23N3O3. The van der Waals surface area contributed by atoms with E-state index >= 15 is 0 Å². The number of rotatable bonds is 4. The Morgan fingerprint density at radius 2 is 2.25 bits per heavy atom. The standard InChI is InChI=1S/C18H23N3O3/c1-11-5-14(11)18(23)21-8-15-13(10-24-16(15)9-21)7-20-17(22)12-3-2-4-19-6-12/h2-4,6,11,13-16H,5,7-10H2,1H3,(H,20,22)/t11-,13+,14-,15+,16+/m0/s1. The molecule has 128 valence electrons. The van der Waals surface area contributed by atoms with Gasteiger partial charge in [0.2, 0.25) is 5.91 Å². The molecule has 1 aliphatic carbocycles. The number of carbonyl (C=O) groups excluding carboxylic acids is 2. The average molecular weight is 329 g/mol. The Morgan fingerprint density at radius 3 is 2.96 bits per heavy atom. The first-order valence-corrected chi connectivity index (χ1v) is 8.72. The lowest BCUT2D eigenvalue weighted by Crippen LogP contribution is -2.36. The van der Waals surface area contributed by atoms with Gasteiger partial charge in [-0.2, -0.15) is 0 Å². The van der Waals surface area contributed by atoms with Gasteiger partial charge in [-0.05, 0) is 24.5 Å². The van der Waals surface area contributed by atoms with E-state index in [4.69, 9.17) is 4.74 Å². The summed E-state index contributed by atoms with van der Waals surface area (Å²) in [5.41, 5.74) is 0.568. The molecule has 1 saturated carbocycles. The van der Waals surface area contributed by atoms with E-state index in [9.17, 15) is 9.59 Å². The molecule has 1 aromatic rings. The predicted molar refractivity (Wildman–Crippen MR) is 87.1 cm³/mol. The van der Waals surface area contributed by atoms with Gasteiger partial charge >= 0.3 is 0 Å². The summed E-state index contributed by atoms with van der Waals surface area (Å²) in [5.74, 6) is 1.55. The normalized spacial score (nSPS) is 34.0. The molecule has 2 aliphatic heterocycles. The minimum absolute atomic E-state index is 0.107. The lowest BCUT2D eigenvalue weighted by atomic mass is 9.93. The number of amides is 2. The van der Waals surface area contributed by atoms with Crippen LogP contribution in [0.2, 0.25) is 0 Å². The molecule has 3 heterocycles. The Hall–Kier alpha value is -1.95. The molecule has 0 spiro atoms. The third-order valence-electron chi connectivity index (χ3n) is 5.63. The zero-order chi connectivity index (χ0) is 16.7. The van der Waals surface area contributed by atoms with E-state index in [-0.39, 0.29) is 23.8 Å². The second-order valence-corrected chi connectivity index (χ2v) is 7.31. The quantitative estimate of drug-likeness (QED) is 0.892. The molecule has 0 bridgehead atoms. The van der Waals surface area contributed by atoms with Crippen LogP contribution in [0.25, 0.3) is 0 Å². The summed E-state index contributed by atoms with van der Waals surface area (Å²) in [6, 6.07) is 3.51. The van der Waals surface area contributed by atoms with Gasteiger partial charge in [-0.3, -0.25) is 14.6 Å². The van der Waals surface area contributed by atoms with E-state index in [0.29, 0.717) is 43.0 Å². The number of carbonyl (C=O) groups is 2. The van der Waals surface area contributed by atoms with E-state index in [0.717, 1.165) is 13.0 Å². The van der Waals surface area contributed by atoms with Gasteiger partial charge in [0.15, 0.2) is 0 Å². The van der Waals surface area contributed by atoms with Crippen LogP contribution >= 0.6 is 0 Å². The van der Waals surface area contributed by atoms with Crippen LogP contribution < -0.4 is 5.32 Å². The molecule has 6 nitrogen and oxygen atoms in total. The molecule has 2 saturated heterocycles. The number of hydrogen-bond donors (Lipinski definition) is 1. The lowest BCUT2D eigenvalue weighted by molar-refractivity contribution is -0.132. The number of nitrogens with one attached hydrogen (secondary N) is 1. The molecule has 24 heavy (non-hydrogen) atoms. The summed E-state index contributed by atoms with van der Waals surface area (Å²) < 4.78 is 5.88. The third kappa shape index (κ3) is 2.90. The number of pyridine rings is 1. The van der Waals surface area contributed by atoms with Crippen LogP contribution in [0.1, 0.15) is 23.7 Å². The highest BCUT2D eigenvalue weighted by molar-refractivity contribution is 5.93. The number of aromatic nitrogens is 1. The second kappa shape index (κ2) is 6.16. The van der Waals surface area contributed by atoms with Crippen molar-refractivity contribution in [1.29, 1.82) is 0 Å². The molecule has 1 N–H and O–H groups in total. The fourth-order valence-corrected chi connectivity index (χ4v) is 3.91. The van der Waals surface area contributed by atoms with E-state index in [2.05, 4.69) is 17.2 Å². The van der Waals surface area contributed by atoms with Crippen LogP contribution in [0.5, 0.6) is 0 Å². The van der Waals surface area contributed by atoms with Crippen LogP contribution in [0, 0.1) is 23.7 Å². The minimum Gasteiger partial charge on any atom is -0.376 e. The third-order valence-corrected chi connectivity index (χ3v) is 5.63. The van der Waals surface area contributed by atoms with Crippen molar-refractivity contribution in [1.82, 2.24) is 15.2 Å². The van der Waals surface area contributed by atoms with Crippen molar-refractivity contribution in [2.45, 2.75) is 19.4 Å².